The highest BCUT2D eigenvalue weighted by Gasteiger charge is 2.28. The average Bonchev–Trinajstić information content (AvgIpc) is 3.07. The largest absolute Gasteiger partial charge is 0.361 e. The zero-order valence-electron chi connectivity index (χ0n) is 12.8. The van der Waals surface area contributed by atoms with Crippen LogP contribution in [-0.2, 0) is 13.1 Å². The topological polar surface area (TPSA) is 63.2 Å². The first-order valence-electron chi connectivity index (χ1n) is 8.11. The van der Waals surface area contributed by atoms with Crippen LogP contribution in [-0.4, -0.2) is 62.7 Å². The molecule has 118 valence electrons. The molecule has 0 aromatic carbocycles. The highest BCUT2D eigenvalue weighted by Crippen LogP contribution is 2.40. The van der Waals surface area contributed by atoms with Crippen molar-refractivity contribution in [3.8, 4) is 0 Å². The first kappa shape index (κ1) is 13.9. The number of rotatable bonds is 6. The van der Waals surface area contributed by atoms with Crippen LogP contribution < -0.4 is 0 Å². The second-order valence-electron chi connectivity index (χ2n) is 6.28. The van der Waals surface area contributed by atoms with Crippen molar-refractivity contribution in [3.05, 3.63) is 29.9 Å². The number of aromatic nitrogens is 4. The minimum atomic E-state index is 0.648. The average molecular weight is 302 g/mol. The predicted molar refractivity (Wildman–Crippen MR) is 80.2 cm³/mol. The van der Waals surface area contributed by atoms with Crippen molar-refractivity contribution >= 4 is 0 Å². The molecule has 0 spiro atoms. The Morgan fingerprint density at radius 1 is 1.09 bits per heavy atom. The van der Waals surface area contributed by atoms with Crippen LogP contribution in [0.1, 0.15) is 30.2 Å². The van der Waals surface area contributed by atoms with Crippen LogP contribution in [0.15, 0.2) is 23.0 Å². The Hall–Kier alpha value is -1.73. The van der Waals surface area contributed by atoms with Gasteiger partial charge in [0.25, 0.3) is 0 Å². The third-order valence-corrected chi connectivity index (χ3v) is 4.52. The summed E-state index contributed by atoms with van der Waals surface area (Å²) in [5.41, 5.74) is 1.08. The molecule has 7 nitrogen and oxygen atoms in total. The van der Waals surface area contributed by atoms with Gasteiger partial charge >= 0.3 is 0 Å². The molecule has 0 radical (unpaired) electrons. The summed E-state index contributed by atoms with van der Waals surface area (Å²) in [6, 6.07) is 2.15. The van der Waals surface area contributed by atoms with Gasteiger partial charge in [-0.25, -0.2) is 0 Å². The standard InChI is InChI=1S/C15H22N6O/c1-2-13(1)15-11-14(17-22-15)12-20-7-5-19(6-8-20)9-10-21-4-3-16-18-21/h3-4,11,13H,1-2,5-10,12H2. The SMILES string of the molecule is c1cn(CCN2CCN(Cc3cc(C4CC4)on3)CC2)nn1. The number of hydrogen-bond donors (Lipinski definition) is 0. The molecule has 3 heterocycles. The van der Waals surface area contributed by atoms with E-state index < -0.39 is 0 Å². The predicted octanol–water partition coefficient (Wildman–Crippen LogP) is 0.961. The molecular weight excluding hydrogens is 280 g/mol. The normalized spacial score (nSPS) is 20.5. The fourth-order valence-electron chi connectivity index (χ4n) is 2.96. The van der Waals surface area contributed by atoms with Gasteiger partial charge in [-0.05, 0) is 12.8 Å². The summed E-state index contributed by atoms with van der Waals surface area (Å²) >= 11 is 0. The Kier molecular flexibility index (Phi) is 3.90. The summed E-state index contributed by atoms with van der Waals surface area (Å²) in [7, 11) is 0. The Morgan fingerprint density at radius 3 is 2.64 bits per heavy atom. The molecule has 2 aliphatic rings. The van der Waals surface area contributed by atoms with E-state index in [-0.39, 0.29) is 0 Å². The van der Waals surface area contributed by atoms with Crippen LogP contribution in [0.2, 0.25) is 0 Å². The Labute approximate surface area is 129 Å². The molecule has 0 amide bonds. The van der Waals surface area contributed by atoms with Crippen LogP contribution in [0.3, 0.4) is 0 Å². The van der Waals surface area contributed by atoms with Gasteiger partial charge in [-0.15, -0.1) is 5.10 Å². The molecule has 1 saturated carbocycles. The zero-order valence-corrected chi connectivity index (χ0v) is 12.8. The van der Waals surface area contributed by atoms with E-state index in [2.05, 4.69) is 31.3 Å². The van der Waals surface area contributed by atoms with E-state index in [1.807, 2.05) is 10.9 Å². The maximum atomic E-state index is 5.43. The number of hydrogen-bond acceptors (Lipinski definition) is 6. The molecule has 0 bridgehead atoms. The van der Waals surface area contributed by atoms with E-state index in [0.29, 0.717) is 5.92 Å². The first-order chi connectivity index (χ1) is 10.9. The van der Waals surface area contributed by atoms with Crippen LogP contribution >= 0.6 is 0 Å². The van der Waals surface area contributed by atoms with Gasteiger partial charge in [0.15, 0.2) is 0 Å². The molecule has 0 unspecified atom stereocenters. The van der Waals surface area contributed by atoms with Crippen molar-refractivity contribution < 1.29 is 4.52 Å². The molecule has 2 aromatic rings. The summed E-state index contributed by atoms with van der Waals surface area (Å²) in [6.45, 7) is 7.23. The van der Waals surface area contributed by atoms with Gasteiger partial charge in [0.2, 0.25) is 0 Å². The maximum Gasteiger partial charge on any atom is 0.140 e. The molecular formula is C15H22N6O. The minimum absolute atomic E-state index is 0.648. The van der Waals surface area contributed by atoms with Crippen LogP contribution in [0, 0.1) is 0 Å². The van der Waals surface area contributed by atoms with Gasteiger partial charge in [0.05, 0.1) is 18.4 Å². The number of nitrogens with zero attached hydrogens (tertiary/aromatic N) is 6. The van der Waals surface area contributed by atoms with Crippen LogP contribution in [0.4, 0.5) is 0 Å². The third kappa shape index (κ3) is 3.36. The summed E-state index contributed by atoms with van der Waals surface area (Å²) in [4.78, 5) is 4.94. The van der Waals surface area contributed by atoms with Gasteiger partial charge in [0, 0.05) is 57.4 Å². The maximum absolute atomic E-state index is 5.43. The lowest BCUT2D eigenvalue weighted by molar-refractivity contribution is 0.121. The van der Waals surface area contributed by atoms with E-state index >= 15 is 0 Å². The Bertz CT molecular complexity index is 583. The van der Waals surface area contributed by atoms with E-state index in [0.717, 1.165) is 57.3 Å². The monoisotopic (exact) mass is 302 g/mol. The molecule has 2 fully saturated rings. The van der Waals surface area contributed by atoms with Crippen molar-refractivity contribution in [2.24, 2.45) is 0 Å². The van der Waals surface area contributed by atoms with Crippen LogP contribution in [0.5, 0.6) is 0 Å². The molecule has 1 aliphatic heterocycles. The molecule has 7 heteroatoms. The summed E-state index contributed by atoms with van der Waals surface area (Å²) < 4.78 is 7.32. The van der Waals surface area contributed by atoms with Crippen molar-refractivity contribution in [2.45, 2.75) is 31.8 Å². The van der Waals surface area contributed by atoms with Gasteiger partial charge in [0.1, 0.15) is 5.76 Å². The van der Waals surface area contributed by atoms with E-state index in [9.17, 15) is 0 Å². The van der Waals surface area contributed by atoms with Crippen molar-refractivity contribution in [2.75, 3.05) is 32.7 Å². The highest BCUT2D eigenvalue weighted by atomic mass is 16.5. The third-order valence-electron chi connectivity index (χ3n) is 4.52. The smallest absolute Gasteiger partial charge is 0.140 e. The van der Waals surface area contributed by atoms with Gasteiger partial charge in [-0.3, -0.25) is 14.5 Å². The Morgan fingerprint density at radius 2 is 1.91 bits per heavy atom. The lowest BCUT2D eigenvalue weighted by Gasteiger charge is -2.34. The summed E-state index contributed by atoms with van der Waals surface area (Å²) in [5.74, 6) is 1.73. The molecule has 22 heavy (non-hydrogen) atoms. The van der Waals surface area contributed by atoms with Crippen molar-refractivity contribution in [1.82, 2.24) is 30.0 Å². The lowest BCUT2D eigenvalue weighted by atomic mass is 10.2. The minimum Gasteiger partial charge on any atom is -0.361 e. The molecule has 4 rings (SSSR count). The summed E-state index contributed by atoms with van der Waals surface area (Å²) in [6.07, 6.45) is 6.17. The molecule has 0 atom stereocenters. The first-order valence-corrected chi connectivity index (χ1v) is 8.11. The van der Waals surface area contributed by atoms with Gasteiger partial charge in [-0.1, -0.05) is 10.4 Å². The quantitative estimate of drug-likeness (QED) is 0.792. The second-order valence-corrected chi connectivity index (χ2v) is 6.28. The fraction of sp³-hybridized carbons (Fsp3) is 0.667. The van der Waals surface area contributed by atoms with Crippen molar-refractivity contribution in [1.29, 1.82) is 0 Å². The highest BCUT2D eigenvalue weighted by molar-refractivity contribution is 5.14. The zero-order chi connectivity index (χ0) is 14.8. The van der Waals surface area contributed by atoms with Crippen LogP contribution in [0.25, 0.3) is 0 Å². The number of piperazine rings is 1. The second kappa shape index (κ2) is 6.18. The van der Waals surface area contributed by atoms with E-state index in [4.69, 9.17) is 4.52 Å². The van der Waals surface area contributed by atoms with Crippen molar-refractivity contribution in [3.63, 3.8) is 0 Å². The lowest BCUT2D eigenvalue weighted by Crippen LogP contribution is -2.46. The molecule has 1 aliphatic carbocycles. The van der Waals surface area contributed by atoms with Gasteiger partial charge < -0.3 is 4.52 Å². The molecule has 0 N–H and O–H groups in total. The fourth-order valence-corrected chi connectivity index (χ4v) is 2.96. The Balaban J connectivity index is 1.21. The van der Waals surface area contributed by atoms with E-state index in [1.165, 1.54) is 12.8 Å². The molecule has 2 aromatic heterocycles. The van der Waals surface area contributed by atoms with Gasteiger partial charge in [-0.2, -0.15) is 0 Å². The van der Waals surface area contributed by atoms with E-state index in [1.54, 1.807) is 6.20 Å². The molecule has 1 saturated heterocycles. The summed E-state index contributed by atoms with van der Waals surface area (Å²) in [5, 5.41) is 12.0.